The number of nitrogens with one attached hydrogen (secondary N) is 1. The van der Waals surface area contributed by atoms with Crippen molar-refractivity contribution in [3.63, 3.8) is 0 Å². The van der Waals surface area contributed by atoms with E-state index in [1.807, 2.05) is 73.8 Å². The lowest BCUT2D eigenvalue weighted by Gasteiger charge is -2.09. The van der Waals surface area contributed by atoms with Gasteiger partial charge >= 0.3 is 0 Å². The third-order valence-electron chi connectivity index (χ3n) is 4.69. The topological polar surface area (TPSA) is 68.0 Å². The number of carbonyl (C=O) groups excluding carboxylic acids is 1. The quantitative estimate of drug-likeness (QED) is 0.381. The highest BCUT2D eigenvalue weighted by Gasteiger charge is 2.15. The molecule has 7 heteroatoms. The van der Waals surface area contributed by atoms with Gasteiger partial charge in [0.25, 0.3) is 5.91 Å². The molecule has 0 atom stereocenters. The highest BCUT2D eigenvalue weighted by atomic mass is 32.2. The Balaban J connectivity index is 1.41. The highest BCUT2D eigenvalue weighted by molar-refractivity contribution is 7.98. The Morgan fingerprint density at radius 2 is 1.87 bits per heavy atom. The molecule has 1 N–H and O–H groups in total. The molecule has 0 radical (unpaired) electrons. The van der Waals surface area contributed by atoms with Gasteiger partial charge in [0.05, 0.1) is 23.5 Å². The maximum Gasteiger partial charge on any atom is 0.252 e. The van der Waals surface area contributed by atoms with Crippen molar-refractivity contribution in [1.82, 2.24) is 15.5 Å². The lowest BCUT2D eigenvalue weighted by atomic mass is 10.2. The summed E-state index contributed by atoms with van der Waals surface area (Å²) in [6.07, 6.45) is 0. The largest absolute Gasteiger partial charge is 0.361 e. The van der Waals surface area contributed by atoms with Gasteiger partial charge in [0.1, 0.15) is 10.8 Å². The van der Waals surface area contributed by atoms with Gasteiger partial charge in [-0.1, -0.05) is 47.6 Å². The first kappa shape index (κ1) is 20.4. The minimum absolute atomic E-state index is 0.105. The van der Waals surface area contributed by atoms with Crippen molar-refractivity contribution < 1.29 is 9.32 Å². The van der Waals surface area contributed by atoms with Gasteiger partial charge in [0, 0.05) is 27.2 Å². The second-order valence-corrected chi connectivity index (χ2v) is 8.66. The number of aromatic nitrogens is 2. The van der Waals surface area contributed by atoms with E-state index in [1.54, 1.807) is 23.1 Å². The molecule has 0 aliphatic heterocycles. The van der Waals surface area contributed by atoms with Crippen molar-refractivity contribution in [2.75, 3.05) is 0 Å². The standard InChI is InChI=1S/C23H21N3O2S2/c1-15-20(16(2)28-26-15)14-29-21-11-7-6-10-19(21)22(27)24-12-18-13-30-23(25-18)17-8-4-3-5-9-17/h3-11,13H,12,14H2,1-2H3,(H,24,27). The number of hydrogen-bond acceptors (Lipinski definition) is 6. The Morgan fingerprint density at radius 1 is 1.10 bits per heavy atom. The van der Waals surface area contributed by atoms with E-state index >= 15 is 0 Å². The molecule has 0 spiro atoms. The van der Waals surface area contributed by atoms with Crippen LogP contribution in [0.3, 0.4) is 0 Å². The molecule has 2 aromatic carbocycles. The van der Waals surface area contributed by atoms with Crippen LogP contribution in [0.25, 0.3) is 10.6 Å². The Morgan fingerprint density at radius 3 is 2.63 bits per heavy atom. The molecule has 0 saturated carbocycles. The van der Waals surface area contributed by atoms with Crippen LogP contribution in [0.4, 0.5) is 0 Å². The smallest absolute Gasteiger partial charge is 0.252 e. The lowest BCUT2D eigenvalue weighted by Crippen LogP contribution is -2.23. The van der Waals surface area contributed by atoms with Gasteiger partial charge in [-0.3, -0.25) is 4.79 Å². The molecule has 30 heavy (non-hydrogen) atoms. The van der Waals surface area contributed by atoms with Crippen LogP contribution in [0.5, 0.6) is 0 Å². The number of hydrogen-bond donors (Lipinski definition) is 1. The zero-order valence-electron chi connectivity index (χ0n) is 16.7. The number of nitrogens with zero attached hydrogens (tertiary/aromatic N) is 2. The number of thiazole rings is 1. The molecule has 2 aromatic heterocycles. The van der Waals surface area contributed by atoms with Gasteiger partial charge in [-0.25, -0.2) is 4.98 Å². The first-order valence-electron chi connectivity index (χ1n) is 9.53. The zero-order valence-corrected chi connectivity index (χ0v) is 18.3. The molecule has 0 bridgehead atoms. The molecule has 5 nitrogen and oxygen atoms in total. The van der Waals surface area contributed by atoms with Crippen LogP contribution in [0.15, 0.2) is 69.4 Å². The van der Waals surface area contributed by atoms with E-state index in [-0.39, 0.29) is 5.91 Å². The molecular weight excluding hydrogens is 414 g/mol. The van der Waals surface area contributed by atoms with E-state index in [1.165, 1.54) is 0 Å². The van der Waals surface area contributed by atoms with Gasteiger partial charge < -0.3 is 9.84 Å². The van der Waals surface area contributed by atoms with Gasteiger partial charge in [0.15, 0.2) is 0 Å². The SMILES string of the molecule is Cc1noc(C)c1CSc1ccccc1C(=O)NCc1csc(-c2ccccc2)n1. The van der Waals surface area contributed by atoms with Crippen molar-refractivity contribution in [1.29, 1.82) is 0 Å². The predicted molar refractivity (Wildman–Crippen MR) is 121 cm³/mol. The molecule has 4 aromatic rings. The maximum absolute atomic E-state index is 12.8. The summed E-state index contributed by atoms with van der Waals surface area (Å²) in [5.41, 5.74) is 4.56. The molecule has 0 aliphatic rings. The van der Waals surface area contributed by atoms with Crippen molar-refractivity contribution in [2.45, 2.75) is 31.0 Å². The fourth-order valence-electron chi connectivity index (χ4n) is 3.01. The van der Waals surface area contributed by atoms with Crippen molar-refractivity contribution in [2.24, 2.45) is 0 Å². The van der Waals surface area contributed by atoms with Crippen LogP contribution in [0.1, 0.15) is 33.1 Å². The Kier molecular flexibility index (Phi) is 6.30. The van der Waals surface area contributed by atoms with E-state index in [9.17, 15) is 4.79 Å². The van der Waals surface area contributed by atoms with E-state index < -0.39 is 0 Å². The molecule has 0 fully saturated rings. The molecular formula is C23H21N3O2S2. The van der Waals surface area contributed by atoms with Crippen molar-refractivity contribution >= 4 is 29.0 Å². The molecule has 0 aliphatic carbocycles. The number of carbonyl (C=O) groups is 1. The van der Waals surface area contributed by atoms with Crippen LogP contribution >= 0.6 is 23.1 Å². The summed E-state index contributed by atoms with van der Waals surface area (Å²) in [7, 11) is 0. The van der Waals surface area contributed by atoms with E-state index in [0.717, 1.165) is 38.2 Å². The zero-order chi connectivity index (χ0) is 20.9. The molecule has 2 heterocycles. The van der Waals surface area contributed by atoms with Gasteiger partial charge in [0.2, 0.25) is 0 Å². The average Bonchev–Trinajstić information content (AvgIpc) is 3.38. The number of benzene rings is 2. The predicted octanol–water partition coefficient (Wildman–Crippen LogP) is 5.64. The van der Waals surface area contributed by atoms with Gasteiger partial charge in [-0.15, -0.1) is 23.1 Å². The monoisotopic (exact) mass is 435 g/mol. The summed E-state index contributed by atoms with van der Waals surface area (Å²) < 4.78 is 5.23. The summed E-state index contributed by atoms with van der Waals surface area (Å²) in [6.45, 7) is 4.24. The first-order chi connectivity index (χ1) is 14.6. The normalized spacial score (nSPS) is 10.9. The van der Waals surface area contributed by atoms with E-state index in [2.05, 4.69) is 15.5 Å². The Labute approximate surface area is 183 Å². The summed E-state index contributed by atoms with van der Waals surface area (Å²) in [6, 6.07) is 17.7. The highest BCUT2D eigenvalue weighted by Crippen LogP contribution is 2.29. The van der Waals surface area contributed by atoms with Gasteiger partial charge in [-0.05, 0) is 26.0 Å². The van der Waals surface area contributed by atoms with Crippen LogP contribution in [-0.4, -0.2) is 16.0 Å². The van der Waals surface area contributed by atoms with Crippen LogP contribution in [0.2, 0.25) is 0 Å². The van der Waals surface area contributed by atoms with Gasteiger partial charge in [-0.2, -0.15) is 0 Å². The fraction of sp³-hybridized carbons (Fsp3) is 0.174. The Hall–Kier alpha value is -2.90. The fourth-order valence-corrected chi connectivity index (χ4v) is 5.03. The lowest BCUT2D eigenvalue weighted by molar-refractivity contribution is 0.0947. The second-order valence-electron chi connectivity index (χ2n) is 6.78. The molecule has 0 unspecified atom stereocenters. The molecule has 152 valence electrons. The average molecular weight is 436 g/mol. The minimum Gasteiger partial charge on any atom is -0.361 e. The summed E-state index contributed by atoms with van der Waals surface area (Å²) in [5, 5.41) is 9.94. The number of thioether (sulfide) groups is 1. The second kappa shape index (κ2) is 9.28. The number of rotatable bonds is 7. The van der Waals surface area contributed by atoms with E-state index in [4.69, 9.17) is 4.52 Å². The Bertz CT molecular complexity index is 1130. The van der Waals surface area contributed by atoms with Crippen molar-refractivity contribution in [3.05, 3.63) is 88.3 Å². The minimum atomic E-state index is -0.105. The van der Waals surface area contributed by atoms with Crippen molar-refractivity contribution in [3.8, 4) is 10.6 Å². The van der Waals surface area contributed by atoms with Crippen LogP contribution in [0, 0.1) is 13.8 Å². The number of aryl methyl sites for hydroxylation is 2. The molecule has 1 amide bonds. The molecule has 0 saturated heterocycles. The molecule has 4 rings (SSSR count). The summed E-state index contributed by atoms with van der Waals surface area (Å²) in [5.74, 6) is 1.42. The van der Waals surface area contributed by atoms with Crippen LogP contribution < -0.4 is 5.32 Å². The summed E-state index contributed by atoms with van der Waals surface area (Å²) >= 11 is 3.19. The van der Waals surface area contributed by atoms with Crippen LogP contribution in [-0.2, 0) is 12.3 Å². The number of amides is 1. The first-order valence-corrected chi connectivity index (χ1v) is 11.4. The van der Waals surface area contributed by atoms with E-state index in [0.29, 0.717) is 17.9 Å². The summed E-state index contributed by atoms with van der Waals surface area (Å²) in [4.78, 5) is 18.4. The third kappa shape index (κ3) is 4.63. The third-order valence-corrected chi connectivity index (χ3v) is 6.73. The maximum atomic E-state index is 12.8.